The van der Waals surface area contributed by atoms with Gasteiger partial charge in [-0.2, -0.15) is 0 Å². The molecule has 0 aromatic heterocycles. The van der Waals surface area contributed by atoms with E-state index in [1.807, 2.05) is 41.0 Å². The summed E-state index contributed by atoms with van der Waals surface area (Å²) in [4.78, 5) is 29.0. The third kappa shape index (κ3) is 4.46. The summed E-state index contributed by atoms with van der Waals surface area (Å²) in [7, 11) is 0. The van der Waals surface area contributed by atoms with Crippen LogP contribution in [0.1, 0.15) is 44.2 Å². The number of likely N-dealkylation sites (tertiary alicyclic amines) is 2. The summed E-state index contributed by atoms with van der Waals surface area (Å²) >= 11 is 5.91. The molecule has 2 heterocycles. The summed E-state index contributed by atoms with van der Waals surface area (Å²) in [5.41, 5.74) is 1.03. The molecule has 1 aromatic rings. The van der Waals surface area contributed by atoms with Crippen LogP contribution in [0.3, 0.4) is 0 Å². The maximum Gasteiger partial charge on any atom is 0.320 e. The average molecular weight is 364 g/mol. The highest BCUT2D eigenvalue weighted by molar-refractivity contribution is 6.30. The molecular weight excluding hydrogens is 338 g/mol. The number of nitrogens with zero attached hydrogens (tertiary/aromatic N) is 2. The molecule has 2 aliphatic heterocycles. The van der Waals surface area contributed by atoms with Gasteiger partial charge in [0.05, 0.1) is 12.0 Å². The number of halogens is 1. The van der Waals surface area contributed by atoms with Crippen molar-refractivity contribution < 1.29 is 9.59 Å². The number of nitrogens with one attached hydrogen (secondary N) is 1. The Morgan fingerprint density at radius 3 is 2.40 bits per heavy atom. The second kappa shape index (κ2) is 8.09. The van der Waals surface area contributed by atoms with Crippen molar-refractivity contribution in [2.75, 3.05) is 26.2 Å². The van der Waals surface area contributed by atoms with Crippen molar-refractivity contribution >= 4 is 23.5 Å². The zero-order valence-electron chi connectivity index (χ0n) is 14.7. The van der Waals surface area contributed by atoms with Gasteiger partial charge in [-0.25, -0.2) is 4.79 Å². The first-order valence-electron chi connectivity index (χ1n) is 9.14. The van der Waals surface area contributed by atoms with Crippen molar-refractivity contribution in [2.45, 2.75) is 38.6 Å². The molecule has 3 amide bonds. The lowest BCUT2D eigenvalue weighted by atomic mass is 9.96. The molecule has 5 nitrogen and oxygen atoms in total. The number of hydrogen-bond donors (Lipinski definition) is 1. The van der Waals surface area contributed by atoms with E-state index in [2.05, 4.69) is 5.32 Å². The molecule has 2 unspecified atom stereocenters. The largest absolute Gasteiger partial charge is 0.349 e. The first kappa shape index (κ1) is 18.1. The van der Waals surface area contributed by atoms with Gasteiger partial charge < -0.3 is 15.1 Å². The Morgan fingerprint density at radius 2 is 1.72 bits per heavy atom. The van der Waals surface area contributed by atoms with Gasteiger partial charge in [-0.05, 0) is 50.3 Å². The molecule has 2 fully saturated rings. The molecule has 0 bridgehead atoms. The van der Waals surface area contributed by atoms with Crippen molar-refractivity contribution in [1.82, 2.24) is 15.1 Å². The first-order chi connectivity index (χ1) is 12.0. The van der Waals surface area contributed by atoms with Gasteiger partial charge in [-0.3, -0.25) is 4.79 Å². The predicted octanol–water partition coefficient (Wildman–Crippen LogP) is 3.45. The highest BCUT2D eigenvalue weighted by atomic mass is 35.5. The van der Waals surface area contributed by atoms with Gasteiger partial charge in [0.25, 0.3) is 0 Å². The lowest BCUT2D eigenvalue weighted by molar-refractivity contribution is -0.127. The van der Waals surface area contributed by atoms with Crippen molar-refractivity contribution in [1.29, 1.82) is 0 Å². The fourth-order valence-corrected chi connectivity index (χ4v) is 3.77. The Hall–Kier alpha value is -1.75. The number of benzene rings is 1. The smallest absolute Gasteiger partial charge is 0.320 e. The Balaban J connectivity index is 1.56. The van der Waals surface area contributed by atoms with E-state index in [0.717, 1.165) is 50.9 Å². The zero-order valence-corrected chi connectivity index (χ0v) is 15.5. The quantitative estimate of drug-likeness (QED) is 0.894. The number of urea groups is 1. The van der Waals surface area contributed by atoms with Crippen LogP contribution in [0.4, 0.5) is 4.79 Å². The predicted molar refractivity (Wildman–Crippen MR) is 98.5 cm³/mol. The van der Waals surface area contributed by atoms with Crippen LogP contribution in [-0.4, -0.2) is 47.9 Å². The minimum absolute atomic E-state index is 0.0290. The average Bonchev–Trinajstić information content (AvgIpc) is 3.16. The first-order valence-corrected chi connectivity index (χ1v) is 9.52. The van der Waals surface area contributed by atoms with Crippen LogP contribution in [0.15, 0.2) is 24.3 Å². The highest BCUT2D eigenvalue weighted by Gasteiger charge is 2.31. The lowest BCUT2D eigenvalue weighted by Gasteiger charge is -2.35. The second-order valence-electron chi connectivity index (χ2n) is 7.04. The van der Waals surface area contributed by atoms with Crippen molar-refractivity contribution in [2.24, 2.45) is 5.92 Å². The molecule has 2 saturated heterocycles. The van der Waals surface area contributed by atoms with Crippen LogP contribution in [0.2, 0.25) is 5.02 Å². The fraction of sp³-hybridized carbons (Fsp3) is 0.579. The SMILES string of the molecule is CC(NC(=O)C1CCCN(C(=O)N2CCCC2)C1)c1ccc(Cl)cc1. The lowest BCUT2D eigenvalue weighted by Crippen LogP contribution is -2.49. The third-order valence-corrected chi connectivity index (χ3v) is 5.42. The molecule has 1 N–H and O–H groups in total. The molecule has 25 heavy (non-hydrogen) atoms. The Labute approximate surface area is 154 Å². The maximum atomic E-state index is 12.6. The number of carbonyl (C=O) groups is 2. The van der Waals surface area contributed by atoms with Crippen molar-refractivity contribution in [3.05, 3.63) is 34.9 Å². The number of rotatable bonds is 3. The number of amides is 3. The van der Waals surface area contributed by atoms with Crippen molar-refractivity contribution in [3.8, 4) is 0 Å². The summed E-state index contributed by atoms with van der Waals surface area (Å²) in [6.45, 7) is 4.94. The molecule has 0 saturated carbocycles. The molecular formula is C19H26ClN3O2. The van der Waals surface area contributed by atoms with Crippen LogP contribution in [0.5, 0.6) is 0 Å². The number of hydrogen-bond acceptors (Lipinski definition) is 2. The second-order valence-corrected chi connectivity index (χ2v) is 7.48. The molecule has 0 radical (unpaired) electrons. The Kier molecular flexibility index (Phi) is 5.84. The minimum Gasteiger partial charge on any atom is -0.349 e. The van der Waals surface area contributed by atoms with Gasteiger partial charge in [-0.1, -0.05) is 23.7 Å². The summed E-state index contributed by atoms with van der Waals surface area (Å²) in [6, 6.07) is 7.54. The molecule has 0 aliphatic carbocycles. The fourth-order valence-electron chi connectivity index (χ4n) is 3.64. The van der Waals surface area contributed by atoms with E-state index in [1.54, 1.807) is 0 Å². The summed E-state index contributed by atoms with van der Waals surface area (Å²) < 4.78 is 0. The van der Waals surface area contributed by atoms with Gasteiger partial charge in [0, 0.05) is 31.2 Å². The van der Waals surface area contributed by atoms with Gasteiger partial charge in [0.2, 0.25) is 5.91 Å². The Bertz CT molecular complexity index is 614. The summed E-state index contributed by atoms with van der Waals surface area (Å²) in [5.74, 6) is -0.101. The van der Waals surface area contributed by atoms with E-state index in [1.165, 1.54) is 0 Å². The molecule has 0 spiro atoms. The maximum absolute atomic E-state index is 12.6. The van der Waals surface area contributed by atoms with Crippen LogP contribution in [-0.2, 0) is 4.79 Å². The van der Waals surface area contributed by atoms with E-state index in [-0.39, 0.29) is 23.9 Å². The molecule has 6 heteroatoms. The molecule has 2 aliphatic rings. The molecule has 136 valence electrons. The van der Waals surface area contributed by atoms with E-state index in [0.29, 0.717) is 11.6 Å². The normalized spacial score (nSPS) is 21.9. The van der Waals surface area contributed by atoms with Crippen LogP contribution in [0.25, 0.3) is 0 Å². The highest BCUT2D eigenvalue weighted by Crippen LogP contribution is 2.22. The Morgan fingerprint density at radius 1 is 1.08 bits per heavy atom. The van der Waals surface area contributed by atoms with E-state index < -0.39 is 0 Å². The summed E-state index contributed by atoms with van der Waals surface area (Å²) in [5, 5.41) is 3.77. The molecule has 2 atom stereocenters. The topological polar surface area (TPSA) is 52.7 Å². The van der Waals surface area contributed by atoms with Gasteiger partial charge in [0.15, 0.2) is 0 Å². The van der Waals surface area contributed by atoms with Crippen LogP contribution < -0.4 is 5.32 Å². The monoisotopic (exact) mass is 363 g/mol. The zero-order chi connectivity index (χ0) is 17.8. The van der Waals surface area contributed by atoms with Crippen molar-refractivity contribution in [3.63, 3.8) is 0 Å². The van der Waals surface area contributed by atoms with E-state index in [4.69, 9.17) is 11.6 Å². The number of carbonyl (C=O) groups excluding carboxylic acids is 2. The van der Waals surface area contributed by atoms with Gasteiger partial charge in [0.1, 0.15) is 0 Å². The van der Waals surface area contributed by atoms with E-state index >= 15 is 0 Å². The van der Waals surface area contributed by atoms with Gasteiger partial charge in [-0.15, -0.1) is 0 Å². The van der Waals surface area contributed by atoms with Gasteiger partial charge >= 0.3 is 6.03 Å². The third-order valence-electron chi connectivity index (χ3n) is 5.17. The number of piperidine rings is 1. The minimum atomic E-state index is -0.130. The molecule has 3 rings (SSSR count). The standard InChI is InChI=1S/C19H26ClN3O2/c1-14(15-6-8-17(20)9-7-15)21-18(24)16-5-4-12-23(13-16)19(25)22-10-2-3-11-22/h6-9,14,16H,2-5,10-13H2,1H3,(H,21,24). The van der Waals surface area contributed by atoms with Crippen LogP contribution >= 0.6 is 11.6 Å². The van der Waals surface area contributed by atoms with E-state index in [9.17, 15) is 9.59 Å². The van der Waals surface area contributed by atoms with Crippen LogP contribution in [0, 0.1) is 5.92 Å². The summed E-state index contributed by atoms with van der Waals surface area (Å²) in [6.07, 6.45) is 3.89. The molecule has 1 aromatic carbocycles.